The molecular weight excluding hydrogens is 184 g/mol. The van der Waals surface area contributed by atoms with E-state index in [0.29, 0.717) is 0 Å². The minimum atomic E-state index is 0.979. The highest BCUT2D eigenvalue weighted by Crippen LogP contribution is 2.31. The molecule has 1 aliphatic heterocycles. The summed E-state index contributed by atoms with van der Waals surface area (Å²) in [5.41, 5.74) is 2.55. The fourth-order valence-corrected chi connectivity index (χ4v) is 1.97. The predicted molar refractivity (Wildman–Crippen MR) is 60.7 cm³/mol. The topological polar surface area (TPSA) is 9.23 Å². The third-order valence-corrected chi connectivity index (χ3v) is 2.75. The normalized spacial score (nSPS) is 17.9. The second-order valence-electron chi connectivity index (χ2n) is 3.82. The maximum Gasteiger partial charge on any atom is 0.130 e. The number of rotatable bonds is 0. The van der Waals surface area contributed by atoms with E-state index in [4.69, 9.17) is 4.74 Å². The first-order valence-electron chi connectivity index (χ1n) is 5.25. The van der Waals surface area contributed by atoms with Gasteiger partial charge in [-0.1, -0.05) is 36.4 Å². The van der Waals surface area contributed by atoms with Crippen LogP contribution in [0.2, 0.25) is 0 Å². The Bertz CT molecular complexity index is 435. The van der Waals surface area contributed by atoms with Gasteiger partial charge in [-0.2, -0.15) is 0 Å². The third-order valence-electron chi connectivity index (χ3n) is 2.75. The molecule has 1 aromatic rings. The number of para-hydroxylation sites is 1. The van der Waals surface area contributed by atoms with Crippen LogP contribution in [-0.2, 0) is 6.42 Å². The summed E-state index contributed by atoms with van der Waals surface area (Å²) < 4.78 is 5.86. The minimum Gasteiger partial charge on any atom is -0.457 e. The summed E-state index contributed by atoms with van der Waals surface area (Å²) in [5, 5.41) is 0. The first-order chi connectivity index (χ1) is 7.43. The van der Waals surface area contributed by atoms with E-state index in [0.717, 1.165) is 24.4 Å². The van der Waals surface area contributed by atoms with Crippen LogP contribution in [0.3, 0.4) is 0 Å². The number of hydrogen-bond acceptors (Lipinski definition) is 1. The standard InChI is InChI=1S/C14H12O/c1-2-6-11-10-12-7-4-5-9-14(12)15-13(11)8-3-1/h2-9H,1,10H2. The Morgan fingerprint density at radius 2 is 1.87 bits per heavy atom. The van der Waals surface area contributed by atoms with E-state index >= 15 is 0 Å². The summed E-state index contributed by atoms with van der Waals surface area (Å²) in [7, 11) is 0. The molecule has 0 fully saturated rings. The van der Waals surface area contributed by atoms with E-state index in [9.17, 15) is 0 Å². The third kappa shape index (κ3) is 1.50. The number of fused-ring (bicyclic) bond motifs is 1. The van der Waals surface area contributed by atoms with Gasteiger partial charge in [-0.05, 0) is 29.7 Å². The van der Waals surface area contributed by atoms with Crippen molar-refractivity contribution in [1.82, 2.24) is 0 Å². The Morgan fingerprint density at radius 1 is 1.00 bits per heavy atom. The first-order valence-corrected chi connectivity index (χ1v) is 5.25. The monoisotopic (exact) mass is 196 g/mol. The van der Waals surface area contributed by atoms with Gasteiger partial charge in [-0.15, -0.1) is 0 Å². The quantitative estimate of drug-likeness (QED) is 0.618. The van der Waals surface area contributed by atoms with Crippen molar-refractivity contribution in [2.24, 2.45) is 0 Å². The Morgan fingerprint density at radius 3 is 2.87 bits per heavy atom. The highest BCUT2D eigenvalue weighted by molar-refractivity contribution is 5.47. The fraction of sp³-hybridized carbons (Fsp3) is 0.143. The highest BCUT2D eigenvalue weighted by atomic mass is 16.5. The van der Waals surface area contributed by atoms with Crippen LogP contribution in [0.25, 0.3) is 0 Å². The molecule has 74 valence electrons. The van der Waals surface area contributed by atoms with Crippen molar-refractivity contribution in [2.75, 3.05) is 0 Å². The van der Waals surface area contributed by atoms with E-state index in [2.05, 4.69) is 36.4 Å². The molecule has 0 unspecified atom stereocenters. The van der Waals surface area contributed by atoms with Gasteiger partial charge in [0.1, 0.15) is 11.5 Å². The van der Waals surface area contributed by atoms with Crippen molar-refractivity contribution >= 4 is 0 Å². The lowest BCUT2D eigenvalue weighted by molar-refractivity contribution is 0.423. The van der Waals surface area contributed by atoms with Gasteiger partial charge in [0, 0.05) is 6.42 Å². The summed E-state index contributed by atoms with van der Waals surface area (Å²) in [6.07, 6.45) is 10.5. The van der Waals surface area contributed by atoms with Crippen LogP contribution in [0.5, 0.6) is 5.75 Å². The largest absolute Gasteiger partial charge is 0.457 e. The van der Waals surface area contributed by atoms with Crippen molar-refractivity contribution in [3.8, 4) is 5.75 Å². The number of allylic oxidation sites excluding steroid dienone is 5. The van der Waals surface area contributed by atoms with Gasteiger partial charge in [0.2, 0.25) is 0 Å². The van der Waals surface area contributed by atoms with Crippen LogP contribution >= 0.6 is 0 Å². The molecule has 0 saturated heterocycles. The molecule has 0 saturated carbocycles. The minimum absolute atomic E-state index is 0.979. The van der Waals surface area contributed by atoms with Crippen LogP contribution in [0, 0.1) is 0 Å². The molecule has 1 heterocycles. The summed E-state index contributed by atoms with van der Waals surface area (Å²) in [5.74, 6) is 2.00. The molecule has 2 aliphatic rings. The van der Waals surface area contributed by atoms with Crippen LogP contribution < -0.4 is 4.74 Å². The Labute approximate surface area is 89.4 Å². The first kappa shape index (κ1) is 8.54. The highest BCUT2D eigenvalue weighted by Gasteiger charge is 2.16. The Balaban J connectivity index is 2.06. The second-order valence-corrected chi connectivity index (χ2v) is 3.82. The molecule has 0 spiro atoms. The lowest BCUT2D eigenvalue weighted by Crippen LogP contribution is -2.07. The number of hydrogen-bond donors (Lipinski definition) is 0. The van der Waals surface area contributed by atoms with E-state index in [-0.39, 0.29) is 0 Å². The van der Waals surface area contributed by atoms with Crippen LogP contribution in [0.4, 0.5) is 0 Å². The number of ether oxygens (including phenoxy) is 1. The van der Waals surface area contributed by atoms with E-state index < -0.39 is 0 Å². The number of benzene rings is 1. The second kappa shape index (κ2) is 3.43. The summed E-state index contributed by atoms with van der Waals surface area (Å²) in [4.78, 5) is 0. The zero-order valence-corrected chi connectivity index (χ0v) is 8.44. The maximum atomic E-state index is 5.86. The van der Waals surface area contributed by atoms with Gasteiger partial charge in [-0.3, -0.25) is 0 Å². The van der Waals surface area contributed by atoms with Gasteiger partial charge in [0.15, 0.2) is 0 Å². The van der Waals surface area contributed by atoms with Gasteiger partial charge in [0.25, 0.3) is 0 Å². The lowest BCUT2D eigenvalue weighted by atomic mass is 10.0. The summed E-state index contributed by atoms with van der Waals surface area (Å²) in [6, 6.07) is 8.23. The zero-order valence-electron chi connectivity index (χ0n) is 8.44. The van der Waals surface area contributed by atoms with Crippen molar-refractivity contribution < 1.29 is 4.74 Å². The predicted octanol–water partition coefficient (Wildman–Crippen LogP) is 3.39. The van der Waals surface area contributed by atoms with Gasteiger partial charge >= 0.3 is 0 Å². The van der Waals surface area contributed by atoms with E-state index in [1.165, 1.54) is 11.1 Å². The average Bonchev–Trinajstić information content (AvgIpc) is 2.50. The molecule has 1 heteroatoms. The van der Waals surface area contributed by atoms with E-state index in [1.54, 1.807) is 0 Å². The van der Waals surface area contributed by atoms with Gasteiger partial charge in [0.05, 0.1) is 0 Å². The molecule has 1 aliphatic carbocycles. The lowest BCUT2D eigenvalue weighted by Gasteiger charge is -2.19. The average molecular weight is 196 g/mol. The summed E-state index contributed by atoms with van der Waals surface area (Å²) >= 11 is 0. The van der Waals surface area contributed by atoms with Crippen molar-refractivity contribution in [3.05, 3.63) is 65.5 Å². The van der Waals surface area contributed by atoms with Gasteiger partial charge < -0.3 is 4.74 Å². The molecule has 0 radical (unpaired) electrons. The molecule has 0 N–H and O–H groups in total. The SMILES string of the molecule is C1=CC2=C(C=CC1)Oc1ccccc1C2. The molecular formula is C14H12O. The van der Waals surface area contributed by atoms with E-state index in [1.807, 2.05) is 12.1 Å². The molecule has 1 aromatic carbocycles. The fourth-order valence-electron chi connectivity index (χ4n) is 1.97. The molecule has 0 amide bonds. The Hall–Kier alpha value is -1.76. The maximum absolute atomic E-state index is 5.86. The van der Waals surface area contributed by atoms with Crippen molar-refractivity contribution in [3.63, 3.8) is 0 Å². The van der Waals surface area contributed by atoms with Gasteiger partial charge in [-0.25, -0.2) is 0 Å². The van der Waals surface area contributed by atoms with Crippen LogP contribution in [-0.4, -0.2) is 0 Å². The molecule has 1 nitrogen and oxygen atoms in total. The van der Waals surface area contributed by atoms with Crippen LogP contribution in [0.1, 0.15) is 12.0 Å². The molecule has 15 heavy (non-hydrogen) atoms. The smallest absolute Gasteiger partial charge is 0.130 e. The molecule has 0 atom stereocenters. The Kier molecular flexibility index (Phi) is 1.95. The zero-order chi connectivity index (χ0) is 10.1. The van der Waals surface area contributed by atoms with Crippen LogP contribution in [0.15, 0.2) is 59.9 Å². The molecule has 0 aromatic heterocycles. The summed E-state index contributed by atoms with van der Waals surface area (Å²) in [6.45, 7) is 0. The van der Waals surface area contributed by atoms with Crippen molar-refractivity contribution in [1.29, 1.82) is 0 Å². The molecule has 0 bridgehead atoms. The molecule has 3 rings (SSSR count). The van der Waals surface area contributed by atoms with Crippen molar-refractivity contribution in [2.45, 2.75) is 12.8 Å².